The summed E-state index contributed by atoms with van der Waals surface area (Å²) < 4.78 is 0. The van der Waals surface area contributed by atoms with Gasteiger partial charge in [0.2, 0.25) is 0 Å². The fourth-order valence-electron chi connectivity index (χ4n) is 3.04. The van der Waals surface area contributed by atoms with Gasteiger partial charge in [-0.1, -0.05) is 40.5 Å². The van der Waals surface area contributed by atoms with Gasteiger partial charge in [0, 0.05) is 30.7 Å². The molecule has 0 aliphatic carbocycles. The first-order chi connectivity index (χ1) is 8.43. The molecule has 1 heterocycles. The summed E-state index contributed by atoms with van der Waals surface area (Å²) in [5.41, 5.74) is 0.651. The number of hydrogen-bond donors (Lipinski definition) is 1. The van der Waals surface area contributed by atoms with E-state index in [0.717, 1.165) is 12.5 Å². The molecule has 1 aliphatic heterocycles. The molecular formula is C16H34N2. The monoisotopic (exact) mass is 254 g/mol. The van der Waals surface area contributed by atoms with Crippen LogP contribution in [0.3, 0.4) is 0 Å². The molecule has 0 aromatic carbocycles. The van der Waals surface area contributed by atoms with Gasteiger partial charge < -0.3 is 5.32 Å². The molecule has 1 N–H and O–H groups in total. The number of nitrogens with one attached hydrogen (secondary N) is 1. The van der Waals surface area contributed by atoms with Crippen molar-refractivity contribution in [3.05, 3.63) is 0 Å². The van der Waals surface area contributed by atoms with Gasteiger partial charge in [-0.05, 0) is 32.6 Å². The summed E-state index contributed by atoms with van der Waals surface area (Å²) in [6.45, 7) is 17.7. The first kappa shape index (κ1) is 16.0. The molecule has 2 heteroatoms. The maximum atomic E-state index is 3.82. The zero-order valence-electron chi connectivity index (χ0n) is 13.5. The van der Waals surface area contributed by atoms with Crippen LogP contribution in [0.2, 0.25) is 0 Å². The van der Waals surface area contributed by atoms with Gasteiger partial charge in [-0.3, -0.25) is 4.90 Å². The Morgan fingerprint density at radius 1 is 1.06 bits per heavy atom. The lowest BCUT2D eigenvalue weighted by Crippen LogP contribution is -2.68. The highest BCUT2D eigenvalue weighted by Crippen LogP contribution is 2.29. The maximum Gasteiger partial charge on any atom is 0.0304 e. The van der Waals surface area contributed by atoms with E-state index in [4.69, 9.17) is 0 Å². The lowest BCUT2D eigenvalue weighted by molar-refractivity contribution is 0.0102. The Labute approximate surface area is 115 Å². The van der Waals surface area contributed by atoms with E-state index in [-0.39, 0.29) is 0 Å². The fourth-order valence-corrected chi connectivity index (χ4v) is 3.04. The van der Waals surface area contributed by atoms with E-state index in [1.54, 1.807) is 0 Å². The molecule has 0 unspecified atom stereocenters. The summed E-state index contributed by atoms with van der Waals surface area (Å²) in [7, 11) is 0. The number of rotatable bonds is 6. The highest BCUT2D eigenvalue weighted by Gasteiger charge is 2.40. The van der Waals surface area contributed by atoms with Crippen LogP contribution in [0.15, 0.2) is 0 Å². The first-order valence-corrected chi connectivity index (χ1v) is 7.93. The first-order valence-electron chi connectivity index (χ1n) is 7.93. The van der Waals surface area contributed by atoms with Crippen LogP contribution in [0.5, 0.6) is 0 Å². The third-order valence-electron chi connectivity index (χ3n) is 5.23. The van der Waals surface area contributed by atoms with Gasteiger partial charge in [-0.15, -0.1) is 0 Å². The Hall–Kier alpha value is -0.0800. The lowest BCUT2D eigenvalue weighted by Gasteiger charge is -2.52. The van der Waals surface area contributed by atoms with Gasteiger partial charge in [-0.2, -0.15) is 0 Å². The average molecular weight is 254 g/mol. The van der Waals surface area contributed by atoms with Crippen molar-refractivity contribution in [2.45, 2.75) is 78.3 Å². The van der Waals surface area contributed by atoms with E-state index in [9.17, 15) is 0 Å². The summed E-state index contributed by atoms with van der Waals surface area (Å²) in [4.78, 5) is 2.74. The molecule has 0 spiro atoms. The predicted molar refractivity (Wildman–Crippen MR) is 81.0 cm³/mol. The van der Waals surface area contributed by atoms with Crippen LogP contribution in [0, 0.1) is 5.92 Å². The quantitative estimate of drug-likeness (QED) is 0.778. The Morgan fingerprint density at radius 2 is 1.61 bits per heavy atom. The summed E-state index contributed by atoms with van der Waals surface area (Å²) in [6.07, 6.45) is 5.08. The summed E-state index contributed by atoms with van der Waals surface area (Å²) in [5, 5.41) is 3.82. The van der Waals surface area contributed by atoms with Crippen LogP contribution in [-0.2, 0) is 0 Å². The van der Waals surface area contributed by atoms with Crippen LogP contribution >= 0.6 is 0 Å². The SMILES string of the molecule is CCC(CC)CN1CC(CC)(CC)NCC1(C)C. The molecule has 0 aromatic rings. The van der Waals surface area contributed by atoms with E-state index >= 15 is 0 Å². The molecule has 108 valence electrons. The molecule has 0 atom stereocenters. The maximum absolute atomic E-state index is 3.82. The van der Waals surface area contributed by atoms with Crippen LogP contribution in [0.4, 0.5) is 0 Å². The Kier molecular flexibility index (Phi) is 5.67. The van der Waals surface area contributed by atoms with Crippen LogP contribution in [0.1, 0.15) is 67.2 Å². The molecule has 1 fully saturated rings. The van der Waals surface area contributed by atoms with Crippen molar-refractivity contribution in [1.29, 1.82) is 0 Å². The van der Waals surface area contributed by atoms with E-state index in [1.807, 2.05) is 0 Å². The zero-order valence-corrected chi connectivity index (χ0v) is 13.5. The van der Waals surface area contributed by atoms with E-state index < -0.39 is 0 Å². The smallest absolute Gasteiger partial charge is 0.0304 e. The second-order valence-electron chi connectivity index (χ2n) is 6.72. The molecule has 1 aliphatic rings. The van der Waals surface area contributed by atoms with Crippen molar-refractivity contribution >= 4 is 0 Å². The van der Waals surface area contributed by atoms with Crippen molar-refractivity contribution in [2.24, 2.45) is 5.92 Å². The van der Waals surface area contributed by atoms with Gasteiger partial charge in [0.15, 0.2) is 0 Å². The van der Waals surface area contributed by atoms with Crippen LogP contribution < -0.4 is 5.32 Å². The molecule has 0 saturated carbocycles. The third kappa shape index (κ3) is 3.48. The predicted octanol–water partition coefficient (Wildman–Crippen LogP) is 3.67. The normalized spacial score (nSPS) is 23.5. The van der Waals surface area contributed by atoms with Crippen LogP contribution in [0.25, 0.3) is 0 Å². The fraction of sp³-hybridized carbons (Fsp3) is 1.00. The second-order valence-corrected chi connectivity index (χ2v) is 6.72. The van der Waals surface area contributed by atoms with E-state index in [1.165, 1.54) is 38.8 Å². The molecule has 0 bridgehead atoms. The van der Waals surface area contributed by atoms with E-state index in [2.05, 4.69) is 51.8 Å². The molecule has 0 radical (unpaired) electrons. The van der Waals surface area contributed by atoms with Gasteiger partial charge in [0.1, 0.15) is 0 Å². The molecule has 1 rings (SSSR count). The standard InChI is InChI=1S/C16H34N2/c1-7-14(8-2)11-18-13-16(9-3,10-4)17-12-15(18,5)6/h14,17H,7-13H2,1-6H3. The number of piperazine rings is 1. The van der Waals surface area contributed by atoms with Crippen molar-refractivity contribution in [3.8, 4) is 0 Å². The zero-order chi connectivity index (χ0) is 13.8. The third-order valence-corrected chi connectivity index (χ3v) is 5.23. The minimum absolute atomic E-state index is 0.302. The molecule has 0 aromatic heterocycles. The summed E-state index contributed by atoms with van der Waals surface area (Å²) >= 11 is 0. The Morgan fingerprint density at radius 3 is 2.06 bits per heavy atom. The lowest BCUT2D eigenvalue weighted by atomic mass is 9.84. The minimum Gasteiger partial charge on any atom is -0.308 e. The van der Waals surface area contributed by atoms with Crippen molar-refractivity contribution in [2.75, 3.05) is 19.6 Å². The number of hydrogen-bond acceptors (Lipinski definition) is 2. The molecular weight excluding hydrogens is 220 g/mol. The Balaban J connectivity index is 2.77. The topological polar surface area (TPSA) is 15.3 Å². The summed E-state index contributed by atoms with van der Waals surface area (Å²) in [5.74, 6) is 0.855. The molecule has 1 saturated heterocycles. The average Bonchev–Trinajstić information content (AvgIpc) is 2.38. The summed E-state index contributed by atoms with van der Waals surface area (Å²) in [6, 6.07) is 0. The van der Waals surface area contributed by atoms with Gasteiger partial charge >= 0.3 is 0 Å². The highest BCUT2D eigenvalue weighted by atomic mass is 15.3. The minimum atomic E-state index is 0.302. The van der Waals surface area contributed by atoms with Crippen molar-refractivity contribution < 1.29 is 0 Å². The van der Waals surface area contributed by atoms with Crippen molar-refractivity contribution in [1.82, 2.24) is 10.2 Å². The second kappa shape index (κ2) is 6.38. The van der Waals surface area contributed by atoms with Crippen LogP contribution in [-0.4, -0.2) is 35.6 Å². The molecule has 0 amide bonds. The Bertz CT molecular complexity index is 239. The van der Waals surface area contributed by atoms with Gasteiger partial charge in [-0.25, -0.2) is 0 Å². The van der Waals surface area contributed by atoms with Gasteiger partial charge in [0.25, 0.3) is 0 Å². The molecule has 2 nitrogen and oxygen atoms in total. The highest BCUT2D eigenvalue weighted by molar-refractivity contribution is 5.01. The van der Waals surface area contributed by atoms with Gasteiger partial charge in [0.05, 0.1) is 0 Å². The van der Waals surface area contributed by atoms with E-state index in [0.29, 0.717) is 11.1 Å². The van der Waals surface area contributed by atoms with Crippen molar-refractivity contribution in [3.63, 3.8) is 0 Å². The molecule has 18 heavy (non-hydrogen) atoms. The number of nitrogens with zero attached hydrogens (tertiary/aromatic N) is 1. The largest absolute Gasteiger partial charge is 0.308 e.